The highest BCUT2D eigenvalue weighted by molar-refractivity contribution is 5.95. The van der Waals surface area contributed by atoms with Gasteiger partial charge < -0.3 is 10.5 Å². The summed E-state index contributed by atoms with van der Waals surface area (Å²) < 4.78 is 5.43. The van der Waals surface area contributed by atoms with Gasteiger partial charge in [0, 0.05) is 30.8 Å². The van der Waals surface area contributed by atoms with Gasteiger partial charge in [0.15, 0.2) is 0 Å². The van der Waals surface area contributed by atoms with Crippen LogP contribution in [0.4, 0.5) is 0 Å². The van der Waals surface area contributed by atoms with Gasteiger partial charge in [0.1, 0.15) is 11.6 Å². The van der Waals surface area contributed by atoms with Crippen molar-refractivity contribution >= 4 is 5.84 Å². The molecule has 21 heavy (non-hydrogen) atoms. The van der Waals surface area contributed by atoms with E-state index in [4.69, 9.17) is 15.9 Å². The van der Waals surface area contributed by atoms with Crippen LogP contribution >= 0.6 is 0 Å². The molecule has 0 amide bonds. The van der Waals surface area contributed by atoms with Gasteiger partial charge >= 0.3 is 0 Å². The highest BCUT2D eigenvalue weighted by Gasteiger charge is 2.19. The summed E-state index contributed by atoms with van der Waals surface area (Å²) in [5.41, 5.74) is 10.2. The predicted octanol–water partition coefficient (Wildman–Crippen LogP) is 2.50. The summed E-state index contributed by atoms with van der Waals surface area (Å²) >= 11 is 0. The number of ether oxygens (including phenoxy) is 1. The number of nitrogens with two attached hydrogens (primary N) is 1. The number of rotatable bonds is 4. The standard InChI is InChI=1S/C17H19N3O/c1-21-16-7-6-12(17(18)19)8-15(16)11-20-9-13-4-2-3-5-14(13)10-20/h2-8H,9-11H2,1H3,(H3,18,19). The van der Waals surface area contributed by atoms with Crippen LogP contribution in [0, 0.1) is 5.41 Å². The average Bonchev–Trinajstić information content (AvgIpc) is 2.89. The van der Waals surface area contributed by atoms with Gasteiger partial charge in [0.25, 0.3) is 0 Å². The lowest BCUT2D eigenvalue weighted by molar-refractivity contribution is 0.270. The largest absolute Gasteiger partial charge is 0.496 e. The fraction of sp³-hybridized carbons (Fsp3) is 0.235. The first-order valence-corrected chi connectivity index (χ1v) is 6.98. The van der Waals surface area contributed by atoms with Gasteiger partial charge in [-0.3, -0.25) is 10.3 Å². The number of nitrogen functional groups attached to an aromatic ring is 1. The lowest BCUT2D eigenvalue weighted by atomic mass is 10.1. The van der Waals surface area contributed by atoms with Gasteiger partial charge in [-0.15, -0.1) is 0 Å². The summed E-state index contributed by atoms with van der Waals surface area (Å²) in [6.45, 7) is 2.69. The molecule has 0 aliphatic carbocycles. The normalized spacial score (nSPS) is 14.0. The third kappa shape index (κ3) is 2.76. The van der Waals surface area contributed by atoms with E-state index in [1.165, 1.54) is 11.1 Å². The van der Waals surface area contributed by atoms with Crippen LogP contribution in [-0.4, -0.2) is 17.8 Å². The van der Waals surface area contributed by atoms with Crippen molar-refractivity contribution in [3.8, 4) is 5.75 Å². The number of nitrogens with one attached hydrogen (secondary N) is 1. The molecule has 2 aromatic carbocycles. The Morgan fingerprint density at radius 3 is 2.43 bits per heavy atom. The molecule has 2 aromatic rings. The Morgan fingerprint density at radius 1 is 1.19 bits per heavy atom. The van der Waals surface area contributed by atoms with Gasteiger partial charge in [0.05, 0.1) is 7.11 Å². The maximum Gasteiger partial charge on any atom is 0.123 e. The van der Waals surface area contributed by atoms with Gasteiger partial charge in [-0.25, -0.2) is 0 Å². The van der Waals surface area contributed by atoms with E-state index in [-0.39, 0.29) is 5.84 Å². The molecule has 0 atom stereocenters. The van der Waals surface area contributed by atoms with Crippen LogP contribution < -0.4 is 10.5 Å². The van der Waals surface area contributed by atoms with Crippen LogP contribution in [0.25, 0.3) is 0 Å². The third-order valence-corrected chi connectivity index (χ3v) is 3.89. The summed E-state index contributed by atoms with van der Waals surface area (Å²) in [5, 5.41) is 7.57. The van der Waals surface area contributed by atoms with Gasteiger partial charge in [0.2, 0.25) is 0 Å². The lowest BCUT2D eigenvalue weighted by Crippen LogP contribution is -2.17. The van der Waals surface area contributed by atoms with Gasteiger partial charge in [-0.2, -0.15) is 0 Å². The number of nitrogens with zero attached hydrogens (tertiary/aromatic N) is 1. The molecular formula is C17H19N3O. The first kappa shape index (κ1) is 13.6. The van der Waals surface area contributed by atoms with Crippen LogP contribution in [0.3, 0.4) is 0 Å². The molecule has 0 aromatic heterocycles. The van der Waals surface area contributed by atoms with E-state index in [0.29, 0.717) is 0 Å². The molecular weight excluding hydrogens is 262 g/mol. The second kappa shape index (κ2) is 5.58. The number of amidine groups is 1. The maximum absolute atomic E-state index is 7.57. The summed E-state index contributed by atoms with van der Waals surface area (Å²) in [6, 6.07) is 14.2. The molecule has 0 fully saturated rings. The first-order valence-electron chi connectivity index (χ1n) is 6.98. The summed E-state index contributed by atoms with van der Waals surface area (Å²) in [5.74, 6) is 0.930. The molecule has 1 aliphatic rings. The first-order chi connectivity index (χ1) is 10.2. The van der Waals surface area contributed by atoms with E-state index >= 15 is 0 Å². The predicted molar refractivity (Wildman–Crippen MR) is 83.4 cm³/mol. The fourth-order valence-corrected chi connectivity index (χ4v) is 2.83. The van der Waals surface area contributed by atoms with Crippen molar-refractivity contribution in [3.05, 3.63) is 64.7 Å². The number of hydrogen-bond acceptors (Lipinski definition) is 3. The minimum Gasteiger partial charge on any atom is -0.496 e. The van der Waals surface area contributed by atoms with E-state index in [1.54, 1.807) is 7.11 Å². The summed E-state index contributed by atoms with van der Waals surface area (Å²) in [7, 11) is 1.67. The molecule has 0 radical (unpaired) electrons. The van der Waals surface area contributed by atoms with E-state index in [9.17, 15) is 0 Å². The van der Waals surface area contributed by atoms with Crippen LogP contribution in [0.5, 0.6) is 5.75 Å². The topological polar surface area (TPSA) is 62.3 Å². The molecule has 0 unspecified atom stereocenters. The molecule has 0 saturated carbocycles. The molecule has 1 heterocycles. The van der Waals surface area contributed by atoms with Crippen molar-refractivity contribution in [2.45, 2.75) is 19.6 Å². The van der Waals surface area contributed by atoms with Crippen molar-refractivity contribution in [1.82, 2.24) is 4.90 Å². The zero-order valence-electron chi connectivity index (χ0n) is 12.1. The quantitative estimate of drug-likeness (QED) is 0.668. The number of fused-ring (bicyclic) bond motifs is 1. The Labute approximate surface area is 124 Å². The molecule has 0 spiro atoms. The zero-order valence-corrected chi connectivity index (χ0v) is 12.1. The molecule has 0 saturated heterocycles. The second-order valence-corrected chi connectivity index (χ2v) is 5.35. The van der Waals surface area contributed by atoms with Gasteiger partial charge in [-0.1, -0.05) is 24.3 Å². The minimum absolute atomic E-state index is 0.0867. The van der Waals surface area contributed by atoms with Crippen LogP contribution in [0.1, 0.15) is 22.3 Å². The Kier molecular flexibility index (Phi) is 3.62. The van der Waals surface area contributed by atoms with Crippen molar-refractivity contribution in [3.63, 3.8) is 0 Å². The molecule has 1 aliphatic heterocycles. The van der Waals surface area contributed by atoms with Crippen molar-refractivity contribution in [2.75, 3.05) is 7.11 Å². The highest BCUT2D eigenvalue weighted by Crippen LogP contribution is 2.27. The molecule has 4 heteroatoms. The summed E-state index contributed by atoms with van der Waals surface area (Å²) in [4.78, 5) is 2.37. The van der Waals surface area contributed by atoms with Crippen LogP contribution in [0.15, 0.2) is 42.5 Å². The smallest absolute Gasteiger partial charge is 0.123 e. The fourth-order valence-electron chi connectivity index (χ4n) is 2.83. The van der Waals surface area contributed by atoms with E-state index in [0.717, 1.165) is 36.5 Å². The average molecular weight is 281 g/mol. The SMILES string of the molecule is COc1ccc(C(=N)N)cc1CN1Cc2ccccc2C1. The Bertz CT molecular complexity index is 656. The Morgan fingerprint density at radius 2 is 1.86 bits per heavy atom. The molecule has 3 rings (SSSR count). The Hall–Kier alpha value is -2.33. The van der Waals surface area contributed by atoms with E-state index < -0.39 is 0 Å². The highest BCUT2D eigenvalue weighted by atomic mass is 16.5. The second-order valence-electron chi connectivity index (χ2n) is 5.35. The monoisotopic (exact) mass is 281 g/mol. The molecule has 0 bridgehead atoms. The number of hydrogen-bond donors (Lipinski definition) is 2. The van der Waals surface area contributed by atoms with Crippen molar-refractivity contribution < 1.29 is 4.74 Å². The Balaban J connectivity index is 1.82. The van der Waals surface area contributed by atoms with Crippen LogP contribution in [0.2, 0.25) is 0 Å². The minimum atomic E-state index is 0.0867. The molecule has 3 N–H and O–H groups in total. The lowest BCUT2D eigenvalue weighted by Gasteiger charge is -2.18. The zero-order chi connectivity index (χ0) is 14.8. The van der Waals surface area contributed by atoms with Crippen LogP contribution in [-0.2, 0) is 19.6 Å². The molecule has 108 valence electrons. The number of benzene rings is 2. The van der Waals surface area contributed by atoms with E-state index in [2.05, 4.69) is 29.2 Å². The summed E-state index contributed by atoms with van der Waals surface area (Å²) in [6.07, 6.45) is 0. The van der Waals surface area contributed by atoms with E-state index in [1.807, 2.05) is 18.2 Å². The molecule has 4 nitrogen and oxygen atoms in total. The van der Waals surface area contributed by atoms with Gasteiger partial charge in [-0.05, 0) is 29.3 Å². The van der Waals surface area contributed by atoms with Crippen molar-refractivity contribution in [1.29, 1.82) is 5.41 Å². The maximum atomic E-state index is 7.57. The number of methoxy groups -OCH3 is 1. The third-order valence-electron chi connectivity index (χ3n) is 3.89. The van der Waals surface area contributed by atoms with Crippen molar-refractivity contribution in [2.24, 2.45) is 5.73 Å².